The van der Waals surface area contributed by atoms with Crippen LogP contribution in [0.25, 0.3) is 0 Å². The summed E-state index contributed by atoms with van der Waals surface area (Å²) in [5.74, 6) is 2.10. The Bertz CT molecular complexity index is 535. The molecule has 0 amide bonds. The van der Waals surface area contributed by atoms with Gasteiger partial charge in [0.1, 0.15) is 0 Å². The molecule has 1 fully saturated rings. The predicted octanol–water partition coefficient (Wildman–Crippen LogP) is 2.18. The Kier molecular flexibility index (Phi) is 4.97. The van der Waals surface area contributed by atoms with Gasteiger partial charge in [-0.15, -0.1) is 0 Å². The number of hydrogen-bond acceptors (Lipinski definition) is 5. The van der Waals surface area contributed by atoms with Gasteiger partial charge in [0.25, 0.3) is 0 Å². The van der Waals surface area contributed by atoms with E-state index in [9.17, 15) is 0 Å². The first-order valence-corrected chi connectivity index (χ1v) is 7.54. The quantitative estimate of drug-likeness (QED) is 0.791. The fraction of sp³-hybridized carbons (Fsp3) is 0.500. The topological polar surface area (TPSA) is 60.2 Å². The van der Waals surface area contributed by atoms with Crippen LogP contribution >= 0.6 is 0 Å². The van der Waals surface area contributed by atoms with Crippen LogP contribution in [0.3, 0.4) is 0 Å². The number of nitrogens with zero attached hydrogens (tertiary/aromatic N) is 2. The molecule has 0 radical (unpaired) electrons. The number of aromatic nitrogens is 2. The number of benzene rings is 1. The smallest absolute Gasteiger partial charge is 0.240 e. The Hall–Kier alpha value is -1.72. The molecule has 0 aliphatic carbocycles. The molecule has 1 aromatic heterocycles. The molecule has 2 aromatic rings. The van der Waals surface area contributed by atoms with Crippen molar-refractivity contribution in [2.45, 2.75) is 25.8 Å². The molecule has 1 unspecified atom stereocenters. The summed E-state index contributed by atoms with van der Waals surface area (Å²) in [5.41, 5.74) is 1.19. The summed E-state index contributed by atoms with van der Waals surface area (Å²) < 4.78 is 10.6. The predicted molar refractivity (Wildman–Crippen MR) is 78.8 cm³/mol. The van der Waals surface area contributed by atoms with Crippen LogP contribution in [0.15, 0.2) is 34.9 Å². The minimum Gasteiger partial charge on any atom is -0.381 e. The molecule has 1 aliphatic rings. The van der Waals surface area contributed by atoms with Crippen molar-refractivity contribution in [3.05, 3.63) is 47.6 Å². The highest BCUT2D eigenvalue weighted by atomic mass is 16.5. The molecular weight excluding hydrogens is 266 g/mol. The van der Waals surface area contributed by atoms with Crippen LogP contribution in [0.2, 0.25) is 0 Å². The molecule has 1 atom stereocenters. The minimum atomic E-state index is 0.634. The van der Waals surface area contributed by atoms with Crippen molar-refractivity contribution < 1.29 is 9.26 Å². The molecule has 1 saturated heterocycles. The van der Waals surface area contributed by atoms with Crippen LogP contribution < -0.4 is 5.32 Å². The number of nitrogens with one attached hydrogen (secondary N) is 1. The van der Waals surface area contributed by atoms with Crippen molar-refractivity contribution >= 4 is 0 Å². The van der Waals surface area contributed by atoms with Crippen LogP contribution in [-0.4, -0.2) is 29.9 Å². The highest BCUT2D eigenvalue weighted by molar-refractivity contribution is 5.18. The van der Waals surface area contributed by atoms with Crippen LogP contribution in [0.1, 0.15) is 30.1 Å². The SMILES string of the molecule is c1ccc(Cc2noc(CNCCC3CCOC3)n2)cc1. The maximum Gasteiger partial charge on any atom is 0.240 e. The minimum absolute atomic E-state index is 0.634. The first-order chi connectivity index (χ1) is 10.4. The lowest BCUT2D eigenvalue weighted by Gasteiger charge is -2.06. The van der Waals surface area contributed by atoms with E-state index in [1.807, 2.05) is 18.2 Å². The van der Waals surface area contributed by atoms with E-state index >= 15 is 0 Å². The highest BCUT2D eigenvalue weighted by Gasteiger charge is 2.14. The molecule has 2 heterocycles. The van der Waals surface area contributed by atoms with Crippen molar-refractivity contribution in [3.8, 4) is 0 Å². The normalized spacial score (nSPS) is 18.2. The molecule has 0 bridgehead atoms. The van der Waals surface area contributed by atoms with Gasteiger partial charge in [-0.05, 0) is 30.9 Å². The highest BCUT2D eigenvalue weighted by Crippen LogP contribution is 2.15. The van der Waals surface area contributed by atoms with Gasteiger partial charge in [0.15, 0.2) is 5.82 Å². The Morgan fingerprint density at radius 2 is 2.14 bits per heavy atom. The Labute approximate surface area is 124 Å². The summed E-state index contributed by atoms with van der Waals surface area (Å²) in [6, 6.07) is 10.2. The van der Waals surface area contributed by atoms with Gasteiger partial charge in [-0.3, -0.25) is 0 Å². The van der Waals surface area contributed by atoms with E-state index < -0.39 is 0 Å². The van der Waals surface area contributed by atoms with E-state index in [1.54, 1.807) is 0 Å². The maximum atomic E-state index is 5.36. The van der Waals surface area contributed by atoms with Crippen LogP contribution in [0.5, 0.6) is 0 Å². The van der Waals surface area contributed by atoms with E-state index in [2.05, 4.69) is 27.6 Å². The zero-order valence-electron chi connectivity index (χ0n) is 12.1. The summed E-state index contributed by atoms with van der Waals surface area (Å²) >= 11 is 0. The third kappa shape index (κ3) is 4.37. The fourth-order valence-corrected chi connectivity index (χ4v) is 2.52. The largest absolute Gasteiger partial charge is 0.381 e. The fourth-order valence-electron chi connectivity index (χ4n) is 2.52. The second-order valence-electron chi connectivity index (χ2n) is 5.46. The van der Waals surface area contributed by atoms with Gasteiger partial charge in [-0.25, -0.2) is 0 Å². The molecule has 1 aliphatic heterocycles. The average Bonchev–Trinajstić information content (AvgIpc) is 3.17. The van der Waals surface area contributed by atoms with E-state index in [0.29, 0.717) is 24.8 Å². The van der Waals surface area contributed by atoms with E-state index in [4.69, 9.17) is 9.26 Å². The van der Waals surface area contributed by atoms with Gasteiger partial charge in [-0.2, -0.15) is 4.98 Å². The molecule has 21 heavy (non-hydrogen) atoms. The van der Waals surface area contributed by atoms with Crippen LogP contribution in [0, 0.1) is 5.92 Å². The number of rotatable bonds is 7. The second-order valence-corrected chi connectivity index (χ2v) is 5.46. The molecule has 5 heteroatoms. The van der Waals surface area contributed by atoms with E-state index in [1.165, 1.54) is 12.0 Å². The summed E-state index contributed by atoms with van der Waals surface area (Å²) in [6.45, 7) is 3.42. The number of hydrogen-bond donors (Lipinski definition) is 1. The van der Waals surface area contributed by atoms with Gasteiger partial charge in [-0.1, -0.05) is 35.5 Å². The summed E-state index contributed by atoms with van der Waals surface area (Å²) in [4.78, 5) is 4.41. The van der Waals surface area contributed by atoms with Crippen LogP contribution in [-0.2, 0) is 17.7 Å². The lowest BCUT2D eigenvalue weighted by Crippen LogP contribution is -2.18. The van der Waals surface area contributed by atoms with Crippen molar-refractivity contribution in [1.29, 1.82) is 0 Å². The third-order valence-electron chi connectivity index (χ3n) is 3.74. The standard InChI is InChI=1S/C16H21N3O2/c1-2-4-13(5-3-1)10-15-18-16(21-19-15)11-17-8-6-14-7-9-20-12-14/h1-5,14,17H,6-12H2. The summed E-state index contributed by atoms with van der Waals surface area (Å²) in [7, 11) is 0. The van der Waals surface area contributed by atoms with Gasteiger partial charge >= 0.3 is 0 Å². The van der Waals surface area contributed by atoms with Crippen molar-refractivity contribution in [2.24, 2.45) is 5.92 Å². The molecule has 112 valence electrons. The zero-order valence-corrected chi connectivity index (χ0v) is 12.1. The Morgan fingerprint density at radius 1 is 1.24 bits per heavy atom. The van der Waals surface area contributed by atoms with Gasteiger partial charge < -0.3 is 14.6 Å². The summed E-state index contributed by atoms with van der Waals surface area (Å²) in [6.07, 6.45) is 3.04. The number of ether oxygens (including phenoxy) is 1. The molecule has 5 nitrogen and oxygen atoms in total. The molecule has 0 saturated carbocycles. The van der Waals surface area contributed by atoms with Crippen molar-refractivity contribution in [2.75, 3.05) is 19.8 Å². The summed E-state index contributed by atoms with van der Waals surface area (Å²) in [5, 5.41) is 7.38. The second kappa shape index (κ2) is 7.33. The van der Waals surface area contributed by atoms with Crippen molar-refractivity contribution in [1.82, 2.24) is 15.5 Å². The lowest BCUT2D eigenvalue weighted by atomic mass is 10.1. The van der Waals surface area contributed by atoms with Gasteiger partial charge in [0.2, 0.25) is 5.89 Å². The first-order valence-electron chi connectivity index (χ1n) is 7.54. The van der Waals surface area contributed by atoms with Gasteiger partial charge in [0.05, 0.1) is 6.54 Å². The molecular formula is C16H21N3O2. The average molecular weight is 287 g/mol. The zero-order chi connectivity index (χ0) is 14.3. The van der Waals surface area contributed by atoms with E-state index in [0.717, 1.165) is 32.0 Å². The molecule has 3 rings (SSSR count). The monoisotopic (exact) mass is 287 g/mol. The maximum absolute atomic E-state index is 5.36. The Balaban J connectivity index is 1.40. The van der Waals surface area contributed by atoms with Gasteiger partial charge in [0, 0.05) is 19.6 Å². The third-order valence-corrected chi connectivity index (χ3v) is 3.74. The molecule has 1 N–H and O–H groups in total. The molecule has 0 spiro atoms. The first kappa shape index (κ1) is 14.2. The van der Waals surface area contributed by atoms with E-state index in [-0.39, 0.29) is 0 Å². The molecule has 1 aromatic carbocycles. The lowest BCUT2D eigenvalue weighted by molar-refractivity contribution is 0.184. The van der Waals surface area contributed by atoms with Crippen LogP contribution in [0.4, 0.5) is 0 Å². The Morgan fingerprint density at radius 3 is 2.95 bits per heavy atom. The van der Waals surface area contributed by atoms with Crippen molar-refractivity contribution in [3.63, 3.8) is 0 Å².